The van der Waals surface area contributed by atoms with E-state index in [0.717, 1.165) is 22.9 Å². The van der Waals surface area contributed by atoms with Crippen molar-refractivity contribution < 1.29 is 4.52 Å². The normalized spacial score (nSPS) is 14.6. The Balaban J connectivity index is 1.97. The van der Waals surface area contributed by atoms with Crippen LogP contribution in [0.4, 0.5) is 0 Å². The average molecular weight is 283 g/mol. The zero-order valence-electron chi connectivity index (χ0n) is 10.5. The summed E-state index contributed by atoms with van der Waals surface area (Å²) in [6, 6.07) is 3.64. The predicted molar refractivity (Wildman–Crippen MR) is 75.7 cm³/mol. The first-order valence-electron chi connectivity index (χ1n) is 5.93. The molecule has 6 heteroatoms. The minimum Gasteiger partial charge on any atom is -0.337 e. The van der Waals surface area contributed by atoms with Crippen molar-refractivity contribution in [2.75, 3.05) is 0 Å². The fourth-order valence-corrected chi connectivity index (χ4v) is 2.88. The Labute approximate surface area is 115 Å². The highest BCUT2D eigenvalue weighted by atomic mass is 32.2. The molecule has 0 aromatic carbocycles. The molecule has 18 heavy (non-hydrogen) atoms. The zero-order chi connectivity index (χ0) is 13.0. The monoisotopic (exact) mass is 283 g/mol. The van der Waals surface area contributed by atoms with Crippen molar-refractivity contribution in [3.63, 3.8) is 0 Å². The maximum Gasteiger partial charge on any atom is 0.249 e. The maximum absolute atomic E-state index is 6.06. The van der Waals surface area contributed by atoms with Gasteiger partial charge in [-0.1, -0.05) is 25.1 Å². The van der Waals surface area contributed by atoms with E-state index in [-0.39, 0.29) is 6.04 Å². The first-order valence-corrected chi connectivity index (χ1v) is 7.86. The van der Waals surface area contributed by atoms with Gasteiger partial charge in [0.15, 0.2) is 5.82 Å². The Kier molecular flexibility index (Phi) is 4.79. The van der Waals surface area contributed by atoms with Gasteiger partial charge in [-0.25, -0.2) is 0 Å². The molecule has 0 amide bonds. The largest absolute Gasteiger partial charge is 0.337 e. The molecule has 0 radical (unpaired) electrons. The molecule has 4 nitrogen and oxygen atoms in total. The van der Waals surface area contributed by atoms with Crippen LogP contribution in [-0.2, 0) is 5.75 Å². The van der Waals surface area contributed by atoms with Gasteiger partial charge >= 0.3 is 0 Å². The van der Waals surface area contributed by atoms with Gasteiger partial charge in [-0.2, -0.15) is 16.7 Å². The molecule has 98 valence electrons. The second kappa shape index (κ2) is 6.36. The van der Waals surface area contributed by atoms with Crippen molar-refractivity contribution in [2.45, 2.75) is 37.3 Å². The van der Waals surface area contributed by atoms with Gasteiger partial charge in [-0.15, -0.1) is 11.3 Å². The molecule has 0 bridgehead atoms. The highest BCUT2D eigenvalue weighted by Crippen LogP contribution is 2.24. The number of nitrogens with zero attached hydrogens (tertiary/aromatic N) is 2. The molecule has 0 saturated carbocycles. The third kappa shape index (κ3) is 3.34. The minimum absolute atomic E-state index is 0.306. The lowest BCUT2D eigenvalue weighted by Gasteiger charge is -2.04. The molecule has 2 atom stereocenters. The Morgan fingerprint density at radius 1 is 1.56 bits per heavy atom. The third-order valence-electron chi connectivity index (χ3n) is 2.67. The van der Waals surface area contributed by atoms with E-state index in [1.165, 1.54) is 0 Å². The number of hydrogen-bond donors (Lipinski definition) is 1. The van der Waals surface area contributed by atoms with Crippen LogP contribution in [0.2, 0.25) is 0 Å². The van der Waals surface area contributed by atoms with E-state index in [4.69, 9.17) is 10.3 Å². The Bertz CT molecular complexity index is 469. The van der Waals surface area contributed by atoms with Gasteiger partial charge < -0.3 is 10.3 Å². The molecule has 2 rings (SSSR count). The molecular formula is C12H17N3OS2. The van der Waals surface area contributed by atoms with Crippen LogP contribution in [0.5, 0.6) is 0 Å². The summed E-state index contributed by atoms with van der Waals surface area (Å²) in [5, 5.41) is 6.57. The quantitative estimate of drug-likeness (QED) is 0.882. The van der Waals surface area contributed by atoms with E-state index in [1.807, 2.05) is 29.3 Å². The molecule has 0 aliphatic heterocycles. The molecular weight excluding hydrogens is 266 g/mol. The zero-order valence-corrected chi connectivity index (χ0v) is 12.1. The van der Waals surface area contributed by atoms with Gasteiger partial charge in [-0.05, 0) is 17.9 Å². The van der Waals surface area contributed by atoms with Crippen molar-refractivity contribution in [1.82, 2.24) is 10.1 Å². The summed E-state index contributed by atoms with van der Waals surface area (Å²) in [6.07, 6.45) is 1.14. The standard InChI is InChI=1S/C12H17N3OS2/c1-3-8(2)18-7-10-14-12(16-15-10)11(13)9-5-4-6-17-9/h4-6,8,11H,3,7,13H2,1-2H3. The molecule has 0 saturated heterocycles. The van der Waals surface area contributed by atoms with Gasteiger partial charge in [0.1, 0.15) is 6.04 Å². The van der Waals surface area contributed by atoms with Gasteiger partial charge in [0.25, 0.3) is 0 Å². The fraction of sp³-hybridized carbons (Fsp3) is 0.500. The van der Waals surface area contributed by atoms with Crippen LogP contribution in [0.25, 0.3) is 0 Å². The van der Waals surface area contributed by atoms with Gasteiger partial charge in [0, 0.05) is 10.1 Å². The van der Waals surface area contributed by atoms with Crippen LogP contribution >= 0.6 is 23.1 Å². The van der Waals surface area contributed by atoms with Gasteiger partial charge in [0.05, 0.1) is 5.75 Å². The fourth-order valence-electron chi connectivity index (χ4n) is 1.38. The van der Waals surface area contributed by atoms with Crippen molar-refractivity contribution in [1.29, 1.82) is 0 Å². The van der Waals surface area contributed by atoms with Crippen molar-refractivity contribution in [3.8, 4) is 0 Å². The molecule has 0 spiro atoms. The average Bonchev–Trinajstić information content (AvgIpc) is 3.05. The van der Waals surface area contributed by atoms with Crippen LogP contribution in [0.1, 0.15) is 42.9 Å². The molecule has 2 heterocycles. The highest BCUT2D eigenvalue weighted by Gasteiger charge is 2.17. The summed E-state index contributed by atoms with van der Waals surface area (Å²) >= 11 is 3.43. The first kappa shape index (κ1) is 13.6. The number of thiophene rings is 1. The highest BCUT2D eigenvalue weighted by molar-refractivity contribution is 7.99. The minimum atomic E-state index is -0.306. The molecule has 2 aromatic heterocycles. The van der Waals surface area contributed by atoms with Crippen LogP contribution in [-0.4, -0.2) is 15.4 Å². The second-order valence-corrected chi connectivity index (χ2v) is 6.48. The summed E-state index contributed by atoms with van der Waals surface area (Å²) in [6.45, 7) is 4.37. The lowest BCUT2D eigenvalue weighted by Crippen LogP contribution is -2.10. The summed E-state index contributed by atoms with van der Waals surface area (Å²) in [7, 11) is 0. The second-order valence-electron chi connectivity index (χ2n) is 4.07. The summed E-state index contributed by atoms with van der Waals surface area (Å²) in [4.78, 5) is 5.40. The van der Waals surface area contributed by atoms with Gasteiger partial charge in [0.2, 0.25) is 5.89 Å². The van der Waals surface area contributed by atoms with Crippen molar-refractivity contribution >= 4 is 23.1 Å². The summed E-state index contributed by atoms with van der Waals surface area (Å²) < 4.78 is 5.22. The summed E-state index contributed by atoms with van der Waals surface area (Å²) in [5.41, 5.74) is 6.06. The third-order valence-corrected chi connectivity index (χ3v) is 4.95. The van der Waals surface area contributed by atoms with Crippen LogP contribution < -0.4 is 5.73 Å². The molecule has 0 fully saturated rings. The lowest BCUT2D eigenvalue weighted by molar-refractivity contribution is 0.364. The Morgan fingerprint density at radius 2 is 2.39 bits per heavy atom. The smallest absolute Gasteiger partial charge is 0.249 e. The predicted octanol–water partition coefficient (Wildman–Crippen LogP) is 3.21. The first-order chi connectivity index (χ1) is 8.70. The van der Waals surface area contributed by atoms with E-state index in [2.05, 4.69) is 24.0 Å². The maximum atomic E-state index is 6.06. The van der Waals surface area contributed by atoms with Crippen molar-refractivity contribution in [3.05, 3.63) is 34.1 Å². The SMILES string of the molecule is CCC(C)SCc1noc(C(N)c2cccs2)n1. The lowest BCUT2D eigenvalue weighted by atomic mass is 10.2. The van der Waals surface area contributed by atoms with E-state index >= 15 is 0 Å². The van der Waals surface area contributed by atoms with Crippen LogP contribution in [0, 0.1) is 0 Å². The number of thioether (sulfide) groups is 1. The number of nitrogens with two attached hydrogens (primary N) is 1. The molecule has 2 N–H and O–H groups in total. The molecule has 2 unspecified atom stereocenters. The Hall–Kier alpha value is -0.850. The topological polar surface area (TPSA) is 64.9 Å². The number of rotatable bonds is 6. The summed E-state index contributed by atoms with van der Waals surface area (Å²) in [5.74, 6) is 2.00. The van der Waals surface area contributed by atoms with E-state index in [0.29, 0.717) is 11.1 Å². The van der Waals surface area contributed by atoms with Crippen molar-refractivity contribution in [2.24, 2.45) is 5.73 Å². The van der Waals surface area contributed by atoms with Gasteiger partial charge in [-0.3, -0.25) is 0 Å². The molecule has 2 aromatic rings. The van der Waals surface area contributed by atoms with Crippen LogP contribution in [0.3, 0.4) is 0 Å². The molecule has 0 aliphatic rings. The van der Waals surface area contributed by atoms with E-state index in [1.54, 1.807) is 11.3 Å². The molecule has 0 aliphatic carbocycles. The van der Waals surface area contributed by atoms with E-state index < -0.39 is 0 Å². The van der Waals surface area contributed by atoms with Crippen LogP contribution in [0.15, 0.2) is 22.0 Å². The number of aromatic nitrogens is 2. The Morgan fingerprint density at radius 3 is 3.06 bits per heavy atom. The number of hydrogen-bond acceptors (Lipinski definition) is 6. The van der Waals surface area contributed by atoms with E-state index in [9.17, 15) is 0 Å².